The van der Waals surface area contributed by atoms with Gasteiger partial charge < -0.3 is 24.8 Å². The third-order valence-electron chi connectivity index (χ3n) is 5.74. The standard InChI is InChI=1S/C20H20O6/c1-7-6-9(25-5)11-12-10(7)15(21)14-19(26-8(2)20(14,3)4)13(12)17(23)18(24)16(11)22/h6,8,21,23-24H,1-5H3/t8-/m0/s1. The summed E-state index contributed by atoms with van der Waals surface area (Å²) in [5.74, 6) is -1.46. The number of benzene rings is 2. The molecular formula is C20H20O6. The van der Waals surface area contributed by atoms with E-state index in [4.69, 9.17) is 9.47 Å². The fourth-order valence-electron chi connectivity index (χ4n) is 4.01. The molecule has 1 heterocycles. The summed E-state index contributed by atoms with van der Waals surface area (Å²) in [6, 6.07) is 1.65. The number of ether oxygens (including phenoxy) is 2. The summed E-state index contributed by atoms with van der Waals surface area (Å²) in [6.07, 6.45) is -0.269. The van der Waals surface area contributed by atoms with Crippen molar-refractivity contribution in [2.24, 2.45) is 0 Å². The zero-order valence-electron chi connectivity index (χ0n) is 15.2. The number of carbonyl (C=O) groups excluding carboxylic acids is 1. The van der Waals surface area contributed by atoms with Crippen molar-refractivity contribution in [1.29, 1.82) is 0 Å². The summed E-state index contributed by atoms with van der Waals surface area (Å²) in [7, 11) is 1.42. The van der Waals surface area contributed by atoms with Crippen LogP contribution in [0, 0.1) is 6.92 Å². The largest absolute Gasteiger partial charge is 0.507 e. The molecular weight excluding hydrogens is 336 g/mol. The van der Waals surface area contributed by atoms with Gasteiger partial charge in [-0.3, -0.25) is 4.79 Å². The molecule has 2 aromatic carbocycles. The van der Waals surface area contributed by atoms with E-state index in [9.17, 15) is 20.1 Å². The Morgan fingerprint density at radius 3 is 2.38 bits per heavy atom. The van der Waals surface area contributed by atoms with E-state index in [-0.39, 0.29) is 34.5 Å². The third kappa shape index (κ3) is 1.69. The van der Waals surface area contributed by atoms with E-state index >= 15 is 0 Å². The molecule has 0 aromatic heterocycles. The quantitative estimate of drug-likeness (QED) is 0.717. The molecule has 2 aromatic rings. The molecule has 0 bridgehead atoms. The number of aryl methyl sites for hydroxylation is 1. The first kappa shape index (κ1) is 16.6. The second-order valence-corrected chi connectivity index (χ2v) is 7.46. The first-order valence-corrected chi connectivity index (χ1v) is 8.37. The van der Waals surface area contributed by atoms with Crippen LogP contribution in [0.15, 0.2) is 11.8 Å². The number of aliphatic hydroxyl groups excluding tert-OH is 2. The lowest BCUT2D eigenvalue weighted by Crippen LogP contribution is -2.28. The van der Waals surface area contributed by atoms with Crippen LogP contribution < -0.4 is 9.47 Å². The molecule has 0 saturated heterocycles. The Morgan fingerprint density at radius 1 is 1.12 bits per heavy atom. The molecule has 1 aliphatic carbocycles. The minimum Gasteiger partial charge on any atom is -0.507 e. The van der Waals surface area contributed by atoms with E-state index in [1.54, 1.807) is 13.0 Å². The number of carbonyl (C=O) groups is 1. The van der Waals surface area contributed by atoms with Gasteiger partial charge in [0.1, 0.15) is 23.4 Å². The number of aromatic hydroxyl groups is 1. The Labute approximate surface area is 150 Å². The van der Waals surface area contributed by atoms with Gasteiger partial charge in [-0.15, -0.1) is 0 Å². The number of allylic oxidation sites excluding steroid dienone is 1. The molecule has 1 aliphatic heterocycles. The van der Waals surface area contributed by atoms with E-state index in [1.165, 1.54) is 7.11 Å². The van der Waals surface area contributed by atoms with Crippen molar-refractivity contribution >= 4 is 22.3 Å². The third-order valence-corrected chi connectivity index (χ3v) is 5.74. The van der Waals surface area contributed by atoms with Crippen molar-refractivity contribution < 1.29 is 29.6 Å². The van der Waals surface area contributed by atoms with Crippen molar-refractivity contribution in [3.63, 3.8) is 0 Å². The average Bonchev–Trinajstić information content (AvgIpc) is 2.81. The lowest BCUT2D eigenvalue weighted by molar-refractivity contribution is 0.0972. The zero-order valence-corrected chi connectivity index (χ0v) is 15.2. The number of fused-ring (bicyclic) bond motifs is 2. The summed E-state index contributed by atoms with van der Waals surface area (Å²) >= 11 is 0. The Bertz CT molecular complexity index is 1040. The lowest BCUT2D eigenvalue weighted by atomic mass is 9.77. The second kappa shape index (κ2) is 4.84. The van der Waals surface area contributed by atoms with E-state index in [0.717, 1.165) is 0 Å². The number of phenols is 1. The minimum atomic E-state index is -0.755. The highest BCUT2D eigenvalue weighted by molar-refractivity contribution is 6.26. The lowest BCUT2D eigenvalue weighted by Gasteiger charge is -2.25. The molecule has 6 nitrogen and oxygen atoms in total. The van der Waals surface area contributed by atoms with Crippen LogP contribution in [-0.4, -0.2) is 34.3 Å². The fraction of sp³-hybridized carbons (Fsp3) is 0.350. The highest BCUT2D eigenvalue weighted by Gasteiger charge is 2.46. The Hall–Kier alpha value is -2.89. The Kier molecular flexibility index (Phi) is 3.09. The number of ketones is 1. The molecule has 2 aliphatic rings. The minimum absolute atomic E-state index is 0.0245. The van der Waals surface area contributed by atoms with Gasteiger partial charge in [-0.05, 0) is 25.5 Å². The van der Waals surface area contributed by atoms with Crippen LogP contribution in [0.3, 0.4) is 0 Å². The van der Waals surface area contributed by atoms with E-state index in [2.05, 4.69) is 0 Å². The predicted octanol–water partition coefficient (Wildman–Crippen LogP) is 3.90. The molecule has 6 heteroatoms. The van der Waals surface area contributed by atoms with Crippen LogP contribution in [0.25, 0.3) is 16.5 Å². The molecule has 3 N–H and O–H groups in total. The summed E-state index contributed by atoms with van der Waals surface area (Å²) in [5.41, 5.74) is 1.06. The first-order valence-electron chi connectivity index (χ1n) is 8.37. The van der Waals surface area contributed by atoms with Crippen LogP contribution in [0.1, 0.15) is 47.8 Å². The van der Waals surface area contributed by atoms with Crippen molar-refractivity contribution in [2.45, 2.75) is 39.2 Å². The van der Waals surface area contributed by atoms with Gasteiger partial charge in [0, 0.05) is 21.8 Å². The van der Waals surface area contributed by atoms with Gasteiger partial charge in [0.2, 0.25) is 11.5 Å². The van der Waals surface area contributed by atoms with E-state index in [1.807, 2.05) is 20.8 Å². The molecule has 4 rings (SSSR count). The highest BCUT2D eigenvalue weighted by Crippen LogP contribution is 2.57. The zero-order chi connectivity index (χ0) is 19.1. The van der Waals surface area contributed by atoms with Crippen LogP contribution in [0.4, 0.5) is 0 Å². The van der Waals surface area contributed by atoms with Crippen LogP contribution >= 0.6 is 0 Å². The van der Waals surface area contributed by atoms with Gasteiger partial charge in [-0.2, -0.15) is 0 Å². The molecule has 0 saturated carbocycles. The van der Waals surface area contributed by atoms with E-state index in [0.29, 0.717) is 21.9 Å². The smallest absolute Gasteiger partial charge is 0.235 e. The Balaban J connectivity index is 2.33. The predicted molar refractivity (Wildman–Crippen MR) is 96.5 cm³/mol. The number of rotatable bonds is 1. The number of hydrogen-bond acceptors (Lipinski definition) is 6. The summed E-state index contributed by atoms with van der Waals surface area (Å²) < 4.78 is 11.3. The van der Waals surface area contributed by atoms with Crippen molar-refractivity contribution in [3.05, 3.63) is 34.1 Å². The van der Waals surface area contributed by atoms with Crippen LogP contribution in [0.2, 0.25) is 0 Å². The van der Waals surface area contributed by atoms with E-state index < -0.39 is 22.7 Å². The molecule has 26 heavy (non-hydrogen) atoms. The van der Waals surface area contributed by atoms with Crippen molar-refractivity contribution in [3.8, 4) is 17.2 Å². The molecule has 0 amide bonds. The number of phenolic OH excluding ortho intramolecular Hbond substituents is 1. The summed E-state index contributed by atoms with van der Waals surface area (Å²) in [6.45, 7) is 7.55. The SMILES string of the molecule is COc1cc(C)c2c(O)c3c(c4c2c1C(=O)C(O)=C4O)O[C@@H](C)C3(C)C. The second-order valence-electron chi connectivity index (χ2n) is 7.46. The number of aliphatic hydroxyl groups is 2. The maximum absolute atomic E-state index is 12.6. The van der Waals surface area contributed by atoms with Crippen LogP contribution in [0.5, 0.6) is 17.2 Å². The number of Topliss-reactive ketones (excluding diaryl/α,β-unsaturated/α-hetero) is 1. The van der Waals surface area contributed by atoms with Gasteiger partial charge in [0.05, 0.1) is 18.2 Å². The topological polar surface area (TPSA) is 96.2 Å². The normalized spacial score (nSPS) is 20.3. The van der Waals surface area contributed by atoms with Gasteiger partial charge in [0.25, 0.3) is 0 Å². The number of hydrogen-bond donors (Lipinski definition) is 3. The molecule has 1 atom stereocenters. The maximum Gasteiger partial charge on any atom is 0.235 e. The average molecular weight is 356 g/mol. The first-order chi connectivity index (χ1) is 12.1. The maximum atomic E-state index is 12.6. The highest BCUT2D eigenvalue weighted by atomic mass is 16.5. The van der Waals surface area contributed by atoms with Crippen molar-refractivity contribution in [1.82, 2.24) is 0 Å². The summed E-state index contributed by atoms with van der Waals surface area (Å²) in [5, 5.41) is 32.7. The van der Waals surface area contributed by atoms with Gasteiger partial charge in [-0.25, -0.2) is 0 Å². The molecule has 0 radical (unpaired) electrons. The van der Waals surface area contributed by atoms with Crippen LogP contribution in [-0.2, 0) is 5.41 Å². The Morgan fingerprint density at radius 2 is 1.77 bits per heavy atom. The molecule has 0 spiro atoms. The van der Waals surface area contributed by atoms with Crippen molar-refractivity contribution in [2.75, 3.05) is 7.11 Å². The molecule has 136 valence electrons. The molecule has 0 unspecified atom stereocenters. The summed E-state index contributed by atoms with van der Waals surface area (Å²) in [4.78, 5) is 12.6. The number of methoxy groups -OCH3 is 1. The van der Waals surface area contributed by atoms with Gasteiger partial charge in [0.15, 0.2) is 5.76 Å². The van der Waals surface area contributed by atoms with Gasteiger partial charge >= 0.3 is 0 Å². The van der Waals surface area contributed by atoms with Gasteiger partial charge in [-0.1, -0.05) is 13.8 Å². The fourth-order valence-corrected chi connectivity index (χ4v) is 4.01. The molecule has 0 fully saturated rings. The monoisotopic (exact) mass is 356 g/mol.